The number of rotatable bonds is 6. The van der Waals surface area contributed by atoms with Crippen molar-refractivity contribution in [2.24, 2.45) is 0 Å². The molecule has 4 rings (SSSR count). The molecule has 2 unspecified atom stereocenters. The highest BCUT2D eigenvalue weighted by Gasteiger charge is 2.54. The van der Waals surface area contributed by atoms with Crippen LogP contribution in [0.3, 0.4) is 0 Å². The van der Waals surface area contributed by atoms with Crippen LogP contribution in [0, 0.1) is 5.82 Å². The van der Waals surface area contributed by atoms with Gasteiger partial charge in [-0.15, -0.1) is 0 Å². The number of nitrogens with zero attached hydrogens (tertiary/aromatic N) is 2. The highest BCUT2D eigenvalue weighted by atomic mass is 19.1. The van der Waals surface area contributed by atoms with Crippen molar-refractivity contribution in [2.45, 2.75) is 50.9 Å². The molecule has 2 aromatic rings. The maximum Gasteiger partial charge on any atom is 0.256 e. The zero-order valence-corrected chi connectivity index (χ0v) is 20.8. The maximum absolute atomic E-state index is 14.2. The second-order valence-electron chi connectivity index (χ2n) is 9.27. The summed E-state index contributed by atoms with van der Waals surface area (Å²) >= 11 is 0. The van der Waals surface area contributed by atoms with Crippen LogP contribution in [0.4, 0.5) is 4.39 Å². The fourth-order valence-electron chi connectivity index (χ4n) is 4.74. The average Bonchev–Trinajstić information content (AvgIpc) is 3.27. The Morgan fingerprint density at radius 3 is 2.39 bits per heavy atom. The van der Waals surface area contributed by atoms with Crippen LogP contribution in [0.2, 0.25) is 0 Å². The molecule has 1 N–H and O–H groups in total. The quantitative estimate of drug-likeness (QED) is 0.662. The lowest BCUT2D eigenvalue weighted by Crippen LogP contribution is -2.60. The third-order valence-corrected chi connectivity index (χ3v) is 7.06. The normalized spacial score (nSPS) is 19.7. The Bertz CT molecular complexity index is 1110. The number of halogens is 1. The molecule has 0 aromatic heterocycles. The number of carbonyl (C=O) groups excluding carboxylic acids is 3. The van der Waals surface area contributed by atoms with E-state index in [1.54, 1.807) is 42.3 Å². The first-order valence-electron chi connectivity index (χ1n) is 12.3. The molecule has 8 nitrogen and oxygen atoms in total. The highest BCUT2D eigenvalue weighted by molar-refractivity contribution is 5.99. The standard InChI is InChI=1S/C27H32FN3O5/c1-4-18(2)29-24(32)23-17-36-27(31(23)25(33)19-9-11-20(35-3)12-10-19)13-15-30(16-14-27)26(34)21-7-5-6-8-22(21)28/h5-12,18,23H,4,13-17H2,1-3H3,(H,29,32). The van der Waals surface area contributed by atoms with E-state index in [9.17, 15) is 18.8 Å². The predicted molar refractivity (Wildman–Crippen MR) is 131 cm³/mol. The highest BCUT2D eigenvalue weighted by Crippen LogP contribution is 2.39. The van der Waals surface area contributed by atoms with Crippen molar-refractivity contribution in [3.8, 4) is 5.75 Å². The molecule has 0 radical (unpaired) electrons. The van der Waals surface area contributed by atoms with Crippen molar-refractivity contribution in [3.63, 3.8) is 0 Å². The lowest BCUT2D eigenvalue weighted by atomic mass is 9.96. The molecular weight excluding hydrogens is 465 g/mol. The molecule has 2 fully saturated rings. The molecule has 2 aliphatic rings. The van der Waals surface area contributed by atoms with Crippen molar-refractivity contribution in [1.82, 2.24) is 15.1 Å². The molecule has 2 atom stereocenters. The Morgan fingerprint density at radius 1 is 1.11 bits per heavy atom. The number of hydrogen-bond donors (Lipinski definition) is 1. The number of benzene rings is 2. The summed E-state index contributed by atoms with van der Waals surface area (Å²) < 4.78 is 25.6. The minimum absolute atomic E-state index is 0.0118. The van der Waals surface area contributed by atoms with Crippen molar-refractivity contribution in [1.29, 1.82) is 0 Å². The first-order valence-corrected chi connectivity index (χ1v) is 12.3. The number of methoxy groups -OCH3 is 1. The molecule has 2 saturated heterocycles. The van der Waals surface area contributed by atoms with Gasteiger partial charge in [-0.05, 0) is 49.7 Å². The van der Waals surface area contributed by atoms with Crippen LogP contribution in [0.1, 0.15) is 53.8 Å². The summed E-state index contributed by atoms with van der Waals surface area (Å²) in [5, 5.41) is 2.96. The number of amides is 3. The fourth-order valence-corrected chi connectivity index (χ4v) is 4.74. The summed E-state index contributed by atoms with van der Waals surface area (Å²) in [7, 11) is 1.55. The second kappa shape index (κ2) is 10.7. The Labute approximate surface area is 210 Å². The number of hydrogen-bond acceptors (Lipinski definition) is 5. The molecule has 9 heteroatoms. The predicted octanol–water partition coefficient (Wildman–Crippen LogP) is 3.22. The van der Waals surface area contributed by atoms with Gasteiger partial charge in [-0.3, -0.25) is 19.3 Å². The van der Waals surface area contributed by atoms with Gasteiger partial charge in [0.1, 0.15) is 23.3 Å². The Balaban J connectivity index is 1.58. The number of piperidine rings is 1. The van der Waals surface area contributed by atoms with Gasteiger partial charge in [0.25, 0.3) is 11.8 Å². The second-order valence-corrected chi connectivity index (χ2v) is 9.27. The van der Waals surface area contributed by atoms with Crippen LogP contribution < -0.4 is 10.1 Å². The molecule has 3 amide bonds. The minimum Gasteiger partial charge on any atom is -0.497 e. The largest absolute Gasteiger partial charge is 0.497 e. The van der Waals surface area contributed by atoms with E-state index >= 15 is 0 Å². The Morgan fingerprint density at radius 2 is 1.78 bits per heavy atom. The first kappa shape index (κ1) is 25.6. The van der Waals surface area contributed by atoms with E-state index in [0.717, 1.165) is 6.42 Å². The number of ether oxygens (including phenoxy) is 2. The van der Waals surface area contributed by atoms with Gasteiger partial charge in [-0.25, -0.2) is 4.39 Å². The first-order chi connectivity index (χ1) is 17.3. The lowest BCUT2D eigenvalue weighted by Gasteiger charge is -2.44. The molecular formula is C27H32FN3O5. The average molecular weight is 498 g/mol. The van der Waals surface area contributed by atoms with Crippen LogP contribution in [0.5, 0.6) is 5.75 Å². The number of likely N-dealkylation sites (tertiary alicyclic amines) is 1. The topological polar surface area (TPSA) is 88.2 Å². The van der Waals surface area contributed by atoms with E-state index in [2.05, 4.69) is 5.32 Å². The van der Waals surface area contributed by atoms with Gasteiger partial charge in [0.15, 0.2) is 0 Å². The van der Waals surface area contributed by atoms with Crippen LogP contribution >= 0.6 is 0 Å². The molecule has 0 aliphatic carbocycles. The third-order valence-electron chi connectivity index (χ3n) is 7.06. The van der Waals surface area contributed by atoms with Crippen molar-refractivity contribution in [3.05, 3.63) is 65.5 Å². The monoisotopic (exact) mass is 497 g/mol. The summed E-state index contributed by atoms with van der Waals surface area (Å²) in [6, 6.07) is 11.7. The van der Waals surface area contributed by atoms with E-state index in [1.807, 2.05) is 13.8 Å². The fraction of sp³-hybridized carbons (Fsp3) is 0.444. The Hall–Kier alpha value is -3.46. The van der Waals surface area contributed by atoms with E-state index in [4.69, 9.17) is 9.47 Å². The van der Waals surface area contributed by atoms with Gasteiger partial charge in [0.2, 0.25) is 5.91 Å². The van der Waals surface area contributed by atoms with Gasteiger partial charge >= 0.3 is 0 Å². The molecule has 1 spiro atoms. The van der Waals surface area contributed by atoms with Crippen molar-refractivity contribution < 1.29 is 28.2 Å². The van der Waals surface area contributed by atoms with Gasteiger partial charge in [-0.2, -0.15) is 0 Å². The van der Waals surface area contributed by atoms with Crippen LogP contribution in [0.25, 0.3) is 0 Å². The maximum atomic E-state index is 14.2. The van der Waals surface area contributed by atoms with Crippen molar-refractivity contribution in [2.75, 3.05) is 26.8 Å². The van der Waals surface area contributed by atoms with E-state index < -0.39 is 23.5 Å². The summed E-state index contributed by atoms with van der Waals surface area (Å²) in [6.45, 7) is 4.47. The number of nitrogens with one attached hydrogen (secondary N) is 1. The van der Waals surface area contributed by atoms with Gasteiger partial charge in [0, 0.05) is 37.5 Å². The lowest BCUT2D eigenvalue weighted by molar-refractivity contribution is -0.128. The van der Waals surface area contributed by atoms with Gasteiger partial charge < -0.3 is 19.7 Å². The zero-order valence-electron chi connectivity index (χ0n) is 20.8. The molecule has 0 saturated carbocycles. The molecule has 2 aliphatic heterocycles. The SMILES string of the molecule is CCC(C)NC(=O)C1COC2(CCN(C(=O)c3ccccc3F)CC2)N1C(=O)c1ccc(OC)cc1. The van der Waals surface area contributed by atoms with Crippen LogP contribution in [0.15, 0.2) is 48.5 Å². The van der Waals surface area contributed by atoms with Crippen molar-refractivity contribution >= 4 is 17.7 Å². The van der Waals surface area contributed by atoms with Gasteiger partial charge in [-0.1, -0.05) is 19.1 Å². The molecule has 192 valence electrons. The summed E-state index contributed by atoms with van der Waals surface area (Å²) in [5.74, 6) is -0.954. The molecule has 2 aromatic carbocycles. The number of carbonyl (C=O) groups is 3. The molecule has 2 heterocycles. The van der Waals surface area contributed by atoms with Gasteiger partial charge in [0.05, 0.1) is 19.3 Å². The molecule has 36 heavy (non-hydrogen) atoms. The van der Waals surface area contributed by atoms with E-state index in [0.29, 0.717) is 24.2 Å². The third kappa shape index (κ3) is 4.93. The minimum atomic E-state index is -1.04. The summed E-state index contributed by atoms with van der Waals surface area (Å²) in [6.07, 6.45) is 1.37. The van der Waals surface area contributed by atoms with E-state index in [-0.39, 0.29) is 43.1 Å². The summed E-state index contributed by atoms with van der Waals surface area (Å²) in [4.78, 5) is 43.0. The zero-order chi connectivity index (χ0) is 25.9. The van der Waals surface area contributed by atoms with Crippen LogP contribution in [-0.2, 0) is 9.53 Å². The molecule has 0 bridgehead atoms. The van der Waals surface area contributed by atoms with Crippen LogP contribution in [-0.4, -0.2) is 72.1 Å². The van der Waals surface area contributed by atoms with E-state index in [1.165, 1.54) is 23.1 Å². The Kier molecular flexibility index (Phi) is 7.59. The summed E-state index contributed by atoms with van der Waals surface area (Å²) in [5.41, 5.74) is -0.620. The smallest absolute Gasteiger partial charge is 0.256 e.